The molecule has 156 valence electrons. The van der Waals surface area contributed by atoms with Crippen molar-refractivity contribution in [1.82, 2.24) is 0 Å². The predicted octanol–water partition coefficient (Wildman–Crippen LogP) is 8.28. The van der Waals surface area contributed by atoms with E-state index in [2.05, 4.69) is 59.4 Å². The highest BCUT2D eigenvalue weighted by Crippen LogP contribution is 2.31. The maximum absolute atomic E-state index is 12.8. The SMILES string of the molecule is C=C(CC)c1ccc(C)c(/C=C(\C)C(C)C)c1CCc1ccc(C(F)(F)F)cc1. The summed E-state index contributed by atoms with van der Waals surface area (Å²) in [5.74, 6) is 0.454. The zero-order valence-corrected chi connectivity index (χ0v) is 18.1. The minimum atomic E-state index is -4.30. The molecule has 0 fully saturated rings. The Morgan fingerprint density at radius 2 is 1.66 bits per heavy atom. The van der Waals surface area contributed by atoms with Gasteiger partial charge in [0, 0.05) is 0 Å². The molecule has 0 heterocycles. The van der Waals surface area contributed by atoms with E-state index in [1.165, 1.54) is 34.4 Å². The molecule has 0 nitrogen and oxygen atoms in total. The first-order valence-electron chi connectivity index (χ1n) is 10.2. The van der Waals surface area contributed by atoms with Crippen LogP contribution in [-0.2, 0) is 19.0 Å². The molecule has 0 saturated heterocycles. The lowest BCUT2D eigenvalue weighted by molar-refractivity contribution is -0.137. The van der Waals surface area contributed by atoms with Crippen LogP contribution in [0.25, 0.3) is 11.6 Å². The normalized spacial score (nSPS) is 12.5. The third-order valence-corrected chi connectivity index (χ3v) is 5.61. The van der Waals surface area contributed by atoms with Gasteiger partial charge in [0.05, 0.1) is 5.56 Å². The molecular formula is C26H31F3. The molecule has 3 heteroatoms. The van der Waals surface area contributed by atoms with Crippen LogP contribution < -0.4 is 0 Å². The molecule has 0 aliphatic heterocycles. The van der Waals surface area contributed by atoms with Gasteiger partial charge in [0.1, 0.15) is 0 Å². The Morgan fingerprint density at radius 3 is 2.17 bits per heavy atom. The van der Waals surface area contributed by atoms with E-state index in [-0.39, 0.29) is 0 Å². The molecule has 0 atom stereocenters. The van der Waals surface area contributed by atoms with Crippen LogP contribution in [-0.4, -0.2) is 0 Å². The summed E-state index contributed by atoms with van der Waals surface area (Å²) in [6.45, 7) is 14.9. The number of benzene rings is 2. The lowest BCUT2D eigenvalue weighted by Crippen LogP contribution is -2.05. The molecule has 29 heavy (non-hydrogen) atoms. The topological polar surface area (TPSA) is 0 Å². The Labute approximate surface area is 173 Å². The van der Waals surface area contributed by atoms with Gasteiger partial charge in [0.25, 0.3) is 0 Å². The van der Waals surface area contributed by atoms with Gasteiger partial charge in [-0.3, -0.25) is 0 Å². The Hall–Kier alpha value is -2.29. The zero-order valence-electron chi connectivity index (χ0n) is 18.1. The summed E-state index contributed by atoms with van der Waals surface area (Å²) in [6, 6.07) is 9.77. The molecule has 0 bridgehead atoms. The largest absolute Gasteiger partial charge is 0.416 e. The van der Waals surface area contributed by atoms with Gasteiger partial charge in [0.15, 0.2) is 0 Å². The Balaban J connectivity index is 2.42. The van der Waals surface area contributed by atoms with Crippen molar-refractivity contribution in [3.05, 3.63) is 81.9 Å². The van der Waals surface area contributed by atoms with Crippen LogP contribution in [0.3, 0.4) is 0 Å². The van der Waals surface area contributed by atoms with E-state index < -0.39 is 11.7 Å². The average molecular weight is 401 g/mol. The van der Waals surface area contributed by atoms with E-state index in [0.29, 0.717) is 12.3 Å². The van der Waals surface area contributed by atoms with Gasteiger partial charge in [-0.1, -0.05) is 63.3 Å². The number of alkyl halides is 3. The molecule has 0 unspecified atom stereocenters. The third kappa shape index (κ3) is 5.85. The number of allylic oxidation sites excluding steroid dienone is 2. The second kappa shape index (κ2) is 9.47. The molecular weight excluding hydrogens is 369 g/mol. The fourth-order valence-electron chi connectivity index (χ4n) is 3.30. The molecule has 0 aliphatic carbocycles. The first-order valence-corrected chi connectivity index (χ1v) is 10.2. The molecule has 0 amide bonds. The quantitative estimate of drug-likeness (QED) is 0.438. The monoisotopic (exact) mass is 400 g/mol. The molecule has 2 rings (SSSR count). The van der Waals surface area contributed by atoms with Crippen molar-refractivity contribution < 1.29 is 13.2 Å². The molecule has 0 radical (unpaired) electrons. The number of hydrogen-bond donors (Lipinski definition) is 0. The van der Waals surface area contributed by atoms with Crippen molar-refractivity contribution in [2.75, 3.05) is 0 Å². The van der Waals surface area contributed by atoms with Crippen LogP contribution in [0.15, 0.2) is 48.6 Å². The Kier molecular flexibility index (Phi) is 7.51. The van der Waals surface area contributed by atoms with E-state index in [0.717, 1.165) is 29.5 Å². The molecule has 2 aromatic carbocycles. The molecule has 0 saturated carbocycles. The first kappa shape index (κ1) is 23.0. The number of rotatable bonds is 7. The van der Waals surface area contributed by atoms with Gasteiger partial charge >= 0.3 is 6.18 Å². The minimum Gasteiger partial charge on any atom is -0.166 e. The van der Waals surface area contributed by atoms with Gasteiger partial charge in [-0.05, 0) is 84.6 Å². The molecule has 0 aromatic heterocycles. The predicted molar refractivity (Wildman–Crippen MR) is 118 cm³/mol. The van der Waals surface area contributed by atoms with Crippen molar-refractivity contribution in [3.8, 4) is 0 Å². The summed E-state index contributed by atoms with van der Waals surface area (Å²) in [7, 11) is 0. The molecule has 0 aliphatic rings. The fourth-order valence-corrected chi connectivity index (χ4v) is 3.30. The van der Waals surface area contributed by atoms with Crippen molar-refractivity contribution in [2.24, 2.45) is 5.92 Å². The van der Waals surface area contributed by atoms with E-state index in [9.17, 15) is 13.2 Å². The average Bonchev–Trinajstić information content (AvgIpc) is 2.67. The van der Waals surface area contributed by atoms with Crippen LogP contribution in [0, 0.1) is 12.8 Å². The van der Waals surface area contributed by atoms with Gasteiger partial charge < -0.3 is 0 Å². The lowest BCUT2D eigenvalue weighted by atomic mass is 9.87. The van der Waals surface area contributed by atoms with Crippen molar-refractivity contribution in [1.29, 1.82) is 0 Å². The number of halogens is 3. The summed E-state index contributed by atoms with van der Waals surface area (Å²) in [5, 5.41) is 0. The third-order valence-electron chi connectivity index (χ3n) is 5.61. The second-order valence-corrected chi connectivity index (χ2v) is 8.02. The molecule has 0 spiro atoms. The second-order valence-electron chi connectivity index (χ2n) is 8.02. The maximum Gasteiger partial charge on any atom is 0.416 e. The van der Waals surface area contributed by atoms with E-state index in [1.807, 2.05) is 0 Å². The highest BCUT2D eigenvalue weighted by Gasteiger charge is 2.29. The minimum absolute atomic E-state index is 0.454. The first-order chi connectivity index (χ1) is 13.5. The van der Waals surface area contributed by atoms with Gasteiger partial charge in [-0.2, -0.15) is 13.2 Å². The maximum atomic E-state index is 12.8. The van der Waals surface area contributed by atoms with Crippen LogP contribution in [0.4, 0.5) is 13.2 Å². The van der Waals surface area contributed by atoms with Crippen LogP contribution in [0.2, 0.25) is 0 Å². The van der Waals surface area contributed by atoms with E-state index in [1.54, 1.807) is 12.1 Å². The van der Waals surface area contributed by atoms with Crippen LogP contribution in [0.1, 0.15) is 67.5 Å². The Bertz CT molecular complexity index is 881. The smallest absolute Gasteiger partial charge is 0.166 e. The Morgan fingerprint density at radius 1 is 1.03 bits per heavy atom. The number of aryl methyl sites for hydroxylation is 2. The van der Waals surface area contributed by atoms with Crippen molar-refractivity contribution in [3.63, 3.8) is 0 Å². The van der Waals surface area contributed by atoms with Gasteiger partial charge in [-0.15, -0.1) is 0 Å². The standard InChI is InChI=1S/C26H31F3/c1-7-18(4)23-14-8-19(5)25(16-20(6)17(2)3)24(23)15-11-21-9-12-22(13-10-21)26(27,28)29/h8-10,12-14,16-17H,4,7,11,15H2,1-3,5-6H3/b20-16+. The van der Waals surface area contributed by atoms with E-state index in [4.69, 9.17) is 0 Å². The highest BCUT2D eigenvalue weighted by atomic mass is 19.4. The summed E-state index contributed by atoms with van der Waals surface area (Å²) in [5.41, 5.74) is 7.52. The van der Waals surface area contributed by atoms with Crippen molar-refractivity contribution in [2.45, 2.75) is 60.1 Å². The lowest BCUT2D eigenvalue weighted by Gasteiger charge is -2.18. The fraction of sp³-hybridized carbons (Fsp3) is 0.385. The van der Waals surface area contributed by atoms with Crippen LogP contribution in [0.5, 0.6) is 0 Å². The highest BCUT2D eigenvalue weighted by molar-refractivity contribution is 5.73. The van der Waals surface area contributed by atoms with Gasteiger partial charge in [-0.25, -0.2) is 0 Å². The van der Waals surface area contributed by atoms with Crippen LogP contribution >= 0.6 is 0 Å². The summed E-state index contributed by atoms with van der Waals surface area (Å²) in [6.07, 6.45) is 0.274. The van der Waals surface area contributed by atoms with E-state index >= 15 is 0 Å². The summed E-state index contributed by atoms with van der Waals surface area (Å²) in [4.78, 5) is 0. The summed E-state index contributed by atoms with van der Waals surface area (Å²) >= 11 is 0. The van der Waals surface area contributed by atoms with Crippen molar-refractivity contribution >= 4 is 11.6 Å². The van der Waals surface area contributed by atoms with Gasteiger partial charge in [0.2, 0.25) is 0 Å². The number of hydrogen-bond acceptors (Lipinski definition) is 0. The molecule has 0 N–H and O–H groups in total. The zero-order chi connectivity index (χ0) is 21.8. The summed E-state index contributed by atoms with van der Waals surface area (Å²) < 4.78 is 38.5. The molecule has 2 aromatic rings.